The lowest BCUT2D eigenvalue weighted by molar-refractivity contribution is -0.147. The number of hydrogen-bond donors (Lipinski definition) is 2. The largest absolute Gasteiger partial charge is 0.480 e. The number of carbonyl (C=O) groups excluding carboxylic acids is 2. The minimum absolute atomic E-state index is 0.0791. The Kier molecular flexibility index (Phi) is 3.75. The number of likely N-dealkylation sites (tertiary alicyclic amines) is 1. The summed E-state index contributed by atoms with van der Waals surface area (Å²) in [5, 5.41) is 11.3. The summed E-state index contributed by atoms with van der Waals surface area (Å²) in [5.74, 6) is -1.95. The van der Waals surface area contributed by atoms with Crippen molar-refractivity contribution in [3.8, 4) is 0 Å². The number of rotatable bonds is 3. The maximum atomic E-state index is 11.8. The molecule has 1 aliphatic rings. The van der Waals surface area contributed by atoms with Crippen molar-refractivity contribution >= 4 is 17.8 Å². The molecule has 0 saturated carbocycles. The van der Waals surface area contributed by atoms with Crippen LogP contribution < -0.4 is 5.32 Å². The number of piperidine rings is 1. The van der Waals surface area contributed by atoms with Gasteiger partial charge in [0, 0.05) is 25.9 Å². The topological polar surface area (TPSA) is 86.7 Å². The zero-order valence-corrected chi connectivity index (χ0v) is 10.3. The van der Waals surface area contributed by atoms with Gasteiger partial charge in [-0.1, -0.05) is 0 Å². The van der Waals surface area contributed by atoms with Gasteiger partial charge in [0.05, 0.1) is 0 Å². The fraction of sp³-hybridized carbons (Fsp3) is 0.727. The Balaban J connectivity index is 2.60. The Morgan fingerprint density at radius 1 is 1.47 bits per heavy atom. The van der Waals surface area contributed by atoms with E-state index in [2.05, 4.69) is 5.32 Å². The molecule has 1 saturated heterocycles. The number of nitrogens with zero attached hydrogens (tertiary/aromatic N) is 1. The third-order valence-corrected chi connectivity index (χ3v) is 3.00. The zero-order valence-electron chi connectivity index (χ0n) is 10.3. The molecule has 1 unspecified atom stereocenters. The summed E-state index contributed by atoms with van der Waals surface area (Å²) in [4.78, 5) is 35.7. The van der Waals surface area contributed by atoms with Gasteiger partial charge in [-0.15, -0.1) is 0 Å². The number of carboxylic acid groups (broad SMARTS) is 1. The molecule has 1 aliphatic heterocycles. The smallest absolute Gasteiger partial charge is 0.328 e. The number of amides is 2. The van der Waals surface area contributed by atoms with Crippen molar-refractivity contribution in [2.45, 2.75) is 32.2 Å². The first-order valence-electron chi connectivity index (χ1n) is 5.53. The predicted octanol–water partition coefficient (Wildman–Crippen LogP) is -0.166. The average Bonchev–Trinajstić information content (AvgIpc) is 2.21. The molecule has 2 N–H and O–H groups in total. The first-order chi connectivity index (χ1) is 7.74. The molecule has 6 heteroatoms. The maximum Gasteiger partial charge on any atom is 0.328 e. The summed E-state index contributed by atoms with van der Waals surface area (Å²) in [7, 11) is 1.69. The first kappa shape index (κ1) is 13.5. The van der Waals surface area contributed by atoms with Crippen LogP contribution in [0.1, 0.15) is 26.7 Å². The van der Waals surface area contributed by atoms with Crippen LogP contribution in [-0.2, 0) is 14.4 Å². The second-order valence-electron chi connectivity index (χ2n) is 4.92. The van der Waals surface area contributed by atoms with Gasteiger partial charge in [-0.2, -0.15) is 0 Å². The third kappa shape index (κ3) is 3.18. The van der Waals surface area contributed by atoms with Crippen molar-refractivity contribution in [2.24, 2.45) is 5.92 Å². The van der Waals surface area contributed by atoms with Gasteiger partial charge in [0.1, 0.15) is 5.54 Å². The van der Waals surface area contributed by atoms with Gasteiger partial charge in [-0.25, -0.2) is 4.79 Å². The highest BCUT2D eigenvalue weighted by Crippen LogP contribution is 2.18. The van der Waals surface area contributed by atoms with E-state index < -0.39 is 17.4 Å². The van der Waals surface area contributed by atoms with Crippen molar-refractivity contribution in [3.63, 3.8) is 0 Å². The van der Waals surface area contributed by atoms with Crippen LogP contribution in [0.2, 0.25) is 0 Å². The second kappa shape index (κ2) is 4.73. The van der Waals surface area contributed by atoms with Crippen LogP contribution >= 0.6 is 0 Å². The molecule has 0 radical (unpaired) electrons. The highest BCUT2D eigenvalue weighted by Gasteiger charge is 2.34. The summed E-state index contributed by atoms with van der Waals surface area (Å²) in [6.45, 7) is 3.37. The summed E-state index contributed by atoms with van der Waals surface area (Å²) in [5.41, 5.74) is -1.30. The first-order valence-corrected chi connectivity index (χ1v) is 5.53. The van der Waals surface area contributed by atoms with E-state index in [4.69, 9.17) is 5.11 Å². The number of nitrogens with one attached hydrogen (secondary N) is 1. The third-order valence-electron chi connectivity index (χ3n) is 3.00. The molecule has 0 aliphatic carbocycles. The molecule has 1 heterocycles. The molecule has 0 spiro atoms. The Morgan fingerprint density at radius 2 is 2.06 bits per heavy atom. The van der Waals surface area contributed by atoms with Crippen molar-refractivity contribution < 1.29 is 19.5 Å². The van der Waals surface area contributed by atoms with E-state index in [0.717, 1.165) is 0 Å². The summed E-state index contributed by atoms with van der Waals surface area (Å²) in [6, 6.07) is 0. The molecule has 17 heavy (non-hydrogen) atoms. The minimum atomic E-state index is -1.30. The molecule has 0 aromatic heterocycles. The molecule has 2 amide bonds. The lowest BCUT2D eigenvalue weighted by Gasteiger charge is -2.30. The summed E-state index contributed by atoms with van der Waals surface area (Å²) >= 11 is 0. The van der Waals surface area contributed by atoms with E-state index in [1.807, 2.05) is 0 Å². The van der Waals surface area contributed by atoms with Crippen LogP contribution in [-0.4, -0.2) is 46.9 Å². The Labute approximate surface area is 100.0 Å². The fourth-order valence-corrected chi connectivity index (χ4v) is 1.63. The molecule has 6 nitrogen and oxygen atoms in total. The van der Waals surface area contributed by atoms with Crippen molar-refractivity contribution in [1.82, 2.24) is 10.2 Å². The minimum Gasteiger partial charge on any atom is -0.480 e. The van der Waals surface area contributed by atoms with Gasteiger partial charge >= 0.3 is 5.97 Å². The normalized spacial score (nSPS) is 21.2. The number of aliphatic carboxylic acids is 1. The lowest BCUT2D eigenvalue weighted by atomic mass is 9.94. The second-order valence-corrected chi connectivity index (χ2v) is 4.92. The van der Waals surface area contributed by atoms with Crippen LogP contribution in [0.25, 0.3) is 0 Å². The quantitative estimate of drug-likeness (QED) is 0.719. The van der Waals surface area contributed by atoms with E-state index in [9.17, 15) is 14.4 Å². The number of carboxylic acids is 1. The van der Waals surface area contributed by atoms with E-state index >= 15 is 0 Å². The van der Waals surface area contributed by atoms with Crippen molar-refractivity contribution in [2.75, 3.05) is 13.6 Å². The molecule has 96 valence electrons. The van der Waals surface area contributed by atoms with Crippen LogP contribution in [0.4, 0.5) is 0 Å². The van der Waals surface area contributed by atoms with E-state index in [-0.39, 0.29) is 18.2 Å². The van der Waals surface area contributed by atoms with Crippen molar-refractivity contribution in [3.05, 3.63) is 0 Å². The molecular formula is C11H18N2O4. The Hall–Kier alpha value is -1.59. The van der Waals surface area contributed by atoms with Crippen molar-refractivity contribution in [1.29, 1.82) is 0 Å². The monoisotopic (exact) mass is 242 g/mol. The molecule has 1 rings (SSSR count). The molecule has 1 atom stereocenters. The van der Waals surface area contributed by atoms with Crippen LogP contribution in [0.15, 0.2) is 0 Å². The molecule has 0 aromatic carbocycles. The van der Waals surface area contributed by atoms with Crippen LogP contribution in [0, 0.1) is 5.92 Å². The highest BCUT2D eigenvalue weighted by atomic mass is 16.4. The fourth-order valence-electron chi connectivity index (χ4n) is 1.63. The van der Waals surface area contributed by atoms with Gasteiger partial charge in [0.2, 0.25) is 11.8 Å². The van der Waals surface area contributed by atoms with E-state index in [1.165, 1.54) is 13.8 Å². The Morgan fingerprint density at radius 3 is 2.53 bits per heavy atom. The van der Waals surface area contributed by atoms with Crippen LogP contribution in [0.3, 0.4) is 0 Å². The SMILES string of the molecule is CN1CCC(C(=O)NC(C)(C)C(=O)O)CC1=O. The number of hydrogen-bond acceptors (Lipinski definition) is 3. The molecule has 0 aromatic rings. The van der Waals surface area contributed by atoms with Gasteiger partial charge in [0.25, 0.3) is 0 Å². The van der Waals surface area contributed by atoms with Gasteiger partial charge in [-0.05, 0) is 20.3 Å². The van der Waals surface area contributed by atoms with Gasteiger partial charge < -0.3 is 15.3 Å². The van der Waals surface area contributed by atoms with Gasteiger partial charge in [0.15, 0.2) is 0 Å². The standard InChI is InChI=1S/C11H18N2O4/c1-11(2,10(16)17)12-9(15)7-4-5-13(3)8(14)6-7/h7H,4-6H2,1-3H3,(H,12,15)(H,16,17). The average molecular weight is 242 g/mol. The molecular weight excluding hydrogens is 224 g/mol. The van der Waals surface area contributed by atoms with E-state index in [0.29, 0.717) is 13.0 Å². The molecule has 1 fully saturated rings. The maximum absolute atomic E-state index is 11.8. The summed E-state index contributed by atoms with van der Waals surface area (Å²) < 4.78 is 0. The van der Waals surface area contributed by atoms with Gasteiger partial charge in [-0.3, -0.25) is 9.59 Å². The van der Waals surface area contributed by atoms with Crippen LogP contribution in [0.5, 0.6) is 0 Å². The highest BCUT2D eigenvalue weighted by molar-refractivity contribution is 5.90. The Bertz CT molecular complexity index is 351. The lowest BCUT2D eigenvalue weighted by Crippen LogP contribution is -2.53. The number of carbonyl (C=O) groups is 3. The van der Waals surface area contributed by atoms with E-state index in [1.54, 1.807) is 11.9 Å². The molecule has 0 bridgehead atoms. The zero-order chi connectivity index (χ0) is 13.2. The summed E-state index contributed by atoms with van der Waals surface area (Å²) in [6.07, 6.45) is 0.724. The predicted molar refractivity (Wildman–Crippen MR) is 60.2 cm³/mol.